The topological polar surface area (TPSA) is 25.8 Å². The SMILES string of the molecule is c1ccc2c(c1)ccc1cc(-c3cc4cnc5cc(-c6ccc7c(ccc8ccccc87)c6)cc6cnc(c3)c4c65)ccc12. The lowest BCUT2D eigenvalue weighted by molar-refractivity contribution is 1.41. The number of hydrogen-bond donors (Lipinski definition) is 0. The molecule has 2 nitrogen and oxygen atoms in total. The van der Waals surface area contributed by atoms with E-state index in [0.29, 0.717) is 0 Å². The van der Waals surface area contributed by atoms with Crippen molar-refractivity contribution in [3.63, 3.8) is 0 Å². The first-order chi connectivity index (χ1) is 21.8. The van der Waals surface area contributed by atoms with E-state index in [1.807, 2.05) is 12.4 Å². The molecule has 0 bridgehead atoms. The second-order valence-electron chi connectivity index (χ2n) is 11.9. The lowest BCUT2D eigenvalue weighted by Gasteiger charge is -2.14. The molecule has 0 saturated heterocycles. The smallest absolute Gasteiger partial charge is 0.0722 e. The van der Waals surface area contributed by atoms with Crippen LogP contribution in [-0.2, 0) is 0 Å². The molecule has 0 radical (unpaired) electrons. The molecule has 10 rings (SSSR count). The van der Waals surface area contributed by atoms with Crippen molar-refractivity contribution in [2.24, 2.45) is 0 Å². The van der Waals surface area contributed by atoms with E-state index in [2.05, 4.69) is 133 Å². The summed E-state index contributed by atoms with van der Waals surface area (Å²) in [5.74, 6) is 0. The molecule has 0 aliphatic rings. The molecule has 0 amide bonds. The highest BCUT2D eigenvalue weighted by Gasteiger charge is 2.15. The standard InChI is InChI=1S/C42H24N2/c1-3-7-35-25(5-1)9-11-29-17-27(13-15-37(29)35)31-19-33-23-44-40-22-32(20-34-24-43-39(21-31)41(33)42(34)40)28-14-16-38-30(18-28)12-10-26-6-2-4-8-36(26)38/h1-24H. The van der Waals surface area contributed by atoms with Crippen LogP contribution in [0.25, 0.3) is 97.9 Å². The molecule has 0 unspecified atom stereocenters. The Balaban J connectivity index is 1.11. The Hall–Kier alpha value is -5.86. The van der Waals surface area contributed by atoms with Crippen LogP contribution >= 0.6 is 0 Å². The number of fused-ring (bicyclic) bond motifs is 6. The van der Waals surface area contributed by atoms with Gasteiger partial charge in [-0.25, -0.2) is 0 Å². The van der Waals surface area contributed by atoms with Crippen molar-refractivity contribution in [1.82, 2.24) is 9.97 Å². The zero-order chi connectivity index (χ0) is 28.8. The van der Waals surface area contributed by atoms with Crippen LogP contribution in [0.3, 0.4) is 0 Å². The number of benzene rings is 8. The first kappa shape index (κ1) is 23.7. The summed E-state index contributed by atoms with van der Waals surface area (Å²) in [6.45, 7) is 0. The minimum absolute atomic E-state index is 1.00. The number of hydrogen-bond acceptors (Lipinski definition) is 2. The van der Waals surface area contributed by atoms with Gasteiger partial charge in [-0.05, 0) is 102 Å². The van der Waals surface area contributed by atoms with Gasteiger partial charge >= 0.3 is 0 Å². The van der Waals surface area contributed by atoms with E-state index in [4.69, 9.17) is 9.97 Å². The summed E-state index contributed by atoms with van der Waals surface area (Å²) in [4.78, 5) is 9.98. The van der Waals surface area contributed by atoms with Gasteiger partial charge in [0.15, 0.2) is 0 Å². The largest absolute Gasteiger partial charge is 0.256 e. The Kier molecular flexibility index (Phi) is 4.75. The average molecular weight is 557 g/mol. The zero-order valence-corrected chi connectivity index (χ0v) is 23.8. The Morgan fingerprint density at radius 1 is 0.295 bits per heavy atom. The molecule has 0 N–H and O–H groups in total. The fourth-order valence-electron chi connectivity index (χ4n) is 7.25. The van der Waals surface area contributed by atoms with Gasteiger partial charge in [0.2, 0.25) is 0 Å². The Morgan fingerprint density at radius 2 is 0.705 bits per heavy atom. The van der Waals surface area contributed by atoms with Crippen molar-refractivity contribution in [2.75, 3.05) is 0 Å². The number of pyridine rings is 2. The highest BCUT2D eigenvalue weighted by molar-refractivity contribution is 6.22. The fourth-order valence-corrected chi connectivity index (χ4v) is 7.25. The van der Waals surface area contributed by atoms with Gasteiger partial charge in [0, 0.05) is 33.9 Å². The molecule has 0 atom stereocenters. The first-order valence-electron chi connectivity index (χ1n) is 15.1. The van der Waals surface area contributed by atoms with Crippen LogP contribution in [-0.4, -0.2) is 9.97 Å². The van der Waals surface area contributed by atoms with Crippen molar-refractivity contribution in [2.45, 2.75) is 0 Å². The molecule has 0 saturated carbocycles. The number of nitrogens with zero attached hydrogens (tertiary/aromatic N) is 2. The second kappa shape index (κ2) is 8.82. The third-order valence-corrected chi connectivity index (χ3v) is 9.39. The van der Waals surface area contributed by atoms with Gasteiger partial charge in [0.05, 0.1) is 11.0 Å². The van der Waals surface area contributed by atoms with Crippen LogP contribution in [0.4, 0.5) is 0 Å². The summed E-state index contributed by atoms with van der Waals surface area (Å²) in [5, 5.41) is 14.7. The molecule has 2 heteroatoms. The van der Waals surface area contributed by atoms with Crippen molar-refractivity contribution in [3.8, 4) is 22.3 Å². The van der Waals surface area contributed by atoms with E-state index < -0.39 is 0 Å². The Labute approximate surface area is 253 Å². The van der Waals surface area contributed by atoms with E-state index in [0.717, 1.165) is 32.9 Å². The maximum absolute atomic E-state index is 4.99. The quantitative estimate of drug-likeness (QED) is 0.198. The van der Waals surface area contributed by atoms with E-state index >= 15 is 0 Å². The normalized spacial score (nSPS) is 12.1. The molecule has 2 aromatic heterocycles. The number of aromatic nitrogens is 2. The first-order valence-corrected chi connectivity index (χ1v) is 15.1. The molecule has 202 valence electrons. The van der Waals surface area contributed by atoms with Crippen molar-refractivity contribution >= 4 is 75.7 Å². The third kappa shape index (κ3) is 3.43. The zero-order valence-electron chi connectivity index (χ0n) is 23.8. The van der Waals surface area contributed by atoms with Crippen LogP contribution in [0, 0.1) is 0 Å². The molecule has 0 aliphatic carbocycles. The van der Waals surface area contributed by atoms with Crippen LogP contribution in [0.15, 0.2) is 146 Å². The average Bonchev–Trinajstić information content (AvgIpc) is 3.09. The minimum atomic E-state index is 1.00. The van der Waals surface area contributed by atoms with Gasteiger partial charge < -0.3 is 0 Å². The van der Waals surface area contributed by atoms with Gasteiger partial charge in [-0.3, -0.25) is 9.97 Å². The molecule has 44 heavy (non-hydrogen) atoms. The Morgan fingerprint density at radius 3 is 1.20 bits per heavy atom. The molecule has 10 aromatic rings. The van der Waals surface area contributed by atoms with Crippen LogP contribution in [0.5, 0.6) is 0 Å². The molecule has 0 spiro atoms. The second-order valence-corrected chi connectivity index (χ2v) is 11.9. The predicted molar refractivity (Wildman–Crippen MR) is 187 cm³/mol. The molecule has 8 aromatic carbocycles. The highest BCUT2D eigenvalue weighted by atomic mass is 14.7. The molecule has 0 fully saturated rings. The van der Waals surface area contributed by atoms with Crippen molar-refractivity contribution in [1.29, 1.82) is 0 Å². The van der Waals surface area contributed by atoms with Crippen LogP contribution in [0.2, 0.25) is 0 Å². The third-order valence-electron chi connectivity index (χ3n) is 9.39. The maximum atomic E-state index is 4.99. The van der Waals surface area contributed by atoms with Crippen LogP contribution in [0.1, 0.15) is 0 Å². The molecular weight excluding hydrogens is 532 g/mol. The van der Waals surface area contributed by atoms with E-state index in [1.165, 1.54) is 65.0 Å². The molecule has 2 heterocycles. The summed E-state index contributed by atoms with van der Waals surface area (Å²) in [7, 11) is 0. The monoisotopic (exact) mass is 556 g/mol. The minimum Gasteiger partial charge on any atom is -0.256 e. The summed E-state index contributed by atoms with van der Waals surface area (Å²) in [6, 6.07) is 48.6. The van der Waals surface area contributed by atoms with Gasteiger partial charge in [-0.15, -0.1) is 0 Å². The summed E-state index contributed by atoms with van der Waals surface area (Å²) >= 11 is 0. The summed E-state index contributed by atoms with van der Waals surface area (Å²) in [6.07, 6.45) is 4.03. The molecule has 0 aliphatic heterocycles. The highest BCUT2D eigenvalue weighted by Crippen LogP contribution is 2.39. The summed E-state index contributed by atoms with van der Waals surface area (Å²) in [5.41, 5.74) is 6.69. The number of rotatable bonds is 2. The molecular formula is C42H24N2. The maximum Gasteiger partial charge on any atom is 0.0722 e. The fraction of sp³-hybridized carbons (Fsp3) is 0. The van der Waals surface area contributed by atoms with Crippen molar-refractivity contribution < 1.29 is 0 Å². The summed E-state index contributed by atoms with van der Waals surface area (Å²) < 4.78 is 0. The van der Waals surface area contributed by atoms with Gasteiger partial charge in [-0.1, -0.05) is 97.1 Å². The van der Waals surface area contributed by atoms with Gasteiger partial charge in [0.1, 0.15) is 0 Å². The Bertz CT molecular complexity index is 2520. The lowest BCUT2D eigenvalue weighted by Crippen LogP contribution is -1.92. The predicted octanol–water partition coefficient (Wildman–Crippen LogP) is 11.3. The van der Waals surface area contributed by atoms with E-state index in [9.17, 15) is 0 Å². The van der Waals surface area contributed by atoms with Crippen molar-refractivity contribution in [3.05, 3.63) is 146 Å². The van der Waals surface area contributed by atoms with Crippen LogP contribution < -0.4 is 0 Å². The lowest BCUT2D eigenvalue weighted by atomic mass is 9.93. The van der Waals surface area contributed by atoms with E-state index in [-0.39, 0.29) is 0 Å². The van der Waals surface area contributed by atoms with Gasteiger partial charge in [-0.2, -0.15) is 0 Å². The van der Waals surface area contributed by atoms with Gasteiger partial charge in [0.25, 0.3) is 0 Å². The van der Waals surface area contributed by atoms with E-state index in [1.54, 1.807) is 0 Å².